The van der Waals surface area contributed by atoms with Crippen molar-refractivity contribution >= 4 is 11.0 Å². The van der Waals surface area contributed by atoms with Crippen LogP contribution in [0.15, 0.2) is 40.8 Å². The first-order valence-electron chi connectivity index (χ1n) is 6.90. The summed E-state index contributed by atoms with van der Waals surface area (Å²) in [5, 5.41) is 11.4. The SMILES string of the molecule is Cc1cc(C)c(C(O)c2cc3cc(C)ccc3o2)c(F)c1. The zero-order valence-corrected chi connectivity index (χ0v) is 12.3. The second-order valence-electron chi connectivity index (χ2n) is 5.57. The molecule has 108 valence electrons. The molecule has 0 spiro atoms. The van der Waals surface area contributed by atoms with Gasteiger partial charge in [-0.2, -0.15) is 0 Å². The van der Waals surface area contributed by atoms with E-state index in [-0.39, 0.29) is 5.56 Å². The Kier molecular flexibility index (Phi) is 3.30. The van der Waals surface area contributed by atoms with Gasteiger partial charge in [0.25, 0.3) is 0 Å². The number of aliphatic hydroxyl groups excluding tert-OH is 1. The molecule has 0 bridgehead atoms. The van der Waals surface area contributed by atoms with Gasteiger partial charge >= 0.3 is 0 Å². The number of halogens is 1. The van der Waals surface area contributed by atoms with Gasteiger partial charge in [0.05, 0.1) is 0 Å². The lowest BCUT2D eigenvalue weighted by atomic mass is 9.98. The van der Waals surface area contributed by atoms with Gasteiger partial charge in [-0.15, -0.1) is 0 Å². The van der Waals surface area contributed by atoms with Crippen LogP contribution in [0, 0.1) is 26.6 Å². The van der Waals surface area contributed by atoms with E-state index >= 15 is 0 Å². The predicted molar refractivity (Wildman–Crippen MR) is 80.9 cm³/mol. The predicted octanol–water partition coefficient (Wildman–Crippen LogP) is 4.58. The van der Waals surface area contributed by atoms with Crippen molar-refractivity contribution in [3.8, 4) is 0 Å². The van der Waals surface area contributed by atoms with Crippen LogP contribution in [-0.4, -0.2) is 5.11 Å². The van der Waals surface area contributed by atoms with Crippen LogP contribution in [0.5, 0.6) is 0 Å². The van der Waals surface area contributed by atoms with Crippen LogP contribution in [0.4, 0.5) is 4.39 Å². The highest BCUT2D eigenvalue weighted by molar-refractivity contribution is 5.78. The minimum atomic E-state index is -1.10. The van der Waals surface area contributed by atoms with Gasteiger partial charge in [-0.05, 0) is 56.2 Å². The van der Waals surface area contributed by atoms with Gasteiger partial charge in [0.2, 0.25) is 0 Å². The van der Waals surface area contributed by atoms with Crippen LogP contribution < -0.4 is 0 Å². The number of aryl methyl sites for hydroxylation is 3. The molecule has 3 rings (SSSR count). The second kappa shape index (κ2) is 5.01. The van der Waals surface area contributed by atoms with Gasteiger partial charge < -0.3 is 9.52 Å². The van der Waals surface area contributed by atoms with E-state index in [1.165, 1.54) is 6.07 Å². The summed E-state index contributed by atoms with van der Waals surface area (Å²) in [6.45, 7) is 5.62. The molecule has 3 aromatic rings. The van der Waals surface area contributed by atoms with Crippen molar-refractivity contribution in [2.45, 2.75) is 26.9 Å². The Morgan fingerprint density at radius 1 is 1.00 bits per heavy atom. The van der Waals surface area contributed by atoms with E-state index in [0.717, 1.165) is 22.1 Å². The Balaban J connectivity index is 2.10. The lowest BCUT2D eigenvalue weighted by Crippen LogP contribution is -2.04. The fraction of sp³-hybridized carbons (Fsp3) is 0.222. The van der Waals surface area contributed by atoms with E-state index in [4.69, 9.17) is 4.42 Å². The highest BCUT2D eigenvalue weighted by Gasteiger charge is 2.21. The van der Waals surface area contributed by atoms with Crippen LogP contribution >= 0.6 is 0 Å². The molecular formula is C18H17FO2. The zero-order valence-electron chi connectivity index (χ0n) is 12.3. The normalized spacial score (nSPS) is 12.8. The van der Waals surface area contributed by atoms with Crippen molar-refractivity contribution in [2.75, 3.05) is 0 Å². The molecule has 0 aliphatic carbocycles. The van der Waals surface area contributed by atoms with Gasteiger partial charge in [0.1, 0.15) is 23.3 Å². The first-order chi connectivity index (χ1) is 9.95. The van der Waals surface area contributed by atoms with Crippen LogP contribution in [-0.2, 0) is 0 Å². The first-order valence-corrected chi connectivity index (χ1v) is 6.90. The van der Waals surface area contributed by atoms with E-state index in [1.54, 1.807) is 13.0 Å². The van der Waals surface area contributed by atoms with Gasteiger partial charge in [-0.1, -0.05) is 17.7 Å². The molecule has 1 unspecified atom stereocenters. The third kappa shape index (κ3) is 2.45. The third-order valence-electron chi connectivity index (χ3n) is 3.71. The summed E-state index contributed by atoms with van der Waals surface area (Å²) in [6, 6.07) is 10.8. The molecule has 0 saturated heterocycles. The lowest BCUT2D eigenvalue weighted by molar-refractivity contribution is 0.187. The van der Waals surface area contributed by atoms with Gasteiger partial charge in [0.15, 0.2) is 0 Å². The monoisotopic (exact) mass is 284 g/mol. The first kappa shape index (κ1) is 13.8. The van der Waals surface area contributed by atoms with Gasteiger partial charge in [0, 0.05) is 10.9 Å². The minimum Gasteiger partial charge on any atom is -0.458 e. The topological polar surface area (TPSA) is 33.4 Å². The molecule has 1 N–H and O–H groups in total. The van der Waals surface area contributed by atoms with Gasteiger partial charge in [-0.3, -0.25) is 0 Å². The van der Waals surface area contributed by atoms with Crippen LogP contribution in [0.3, 0.4) is 0 Å². The molecular weight excluding hydrogens is 267 g/mol. The van der Waals surface area contributed by atoms with E-state index in [0.29, 0.717) is 11.3 Å². The number of fused-ring (bicyclic) bond motifs is 1. The van der Waals surface area contributed by atoms with Crippen molar-refractivity contribution in [1.29, 1.82) is 0 Å². The Hall–Kier alpha value is -2.13. The molecule has 2 aromatic carbocycles. The zero-order chi connectivity index (χ0) is 15.1. The number of aliphatic hydroxyl groups is 1. The fourth-order valence-corrected chi connectivity index (χ4v) is 2.73. The average Bonchev–Trinajstić information content (AvgIpc) is 2.80. The maximum atomic E-state index is 14.2. The maximum absolute atomic E-state index is 14.2. The molecule has 0 fully saturated rings. The van der Waals surface area contributed by atoms with Gasteiger partial charge in [-0.25, -0.2) is 4.39 Å². The van der Waals surface area contributed by atoms with E-state index in [2.05, 4.69) is 0 Å². The molecule has 0 aliphatic heterocycles. The van der Waals surface area contributed by atoms with Crippen molar-refractivity contribution in [3.05, 3.63) is 70.2 Å². The number of hydrogen-bond donors (Lipinski definition) is 1. The van der Waals surface area contributed by atoms with E-state index in [9.17, 15) is 9.50 Å². The number of hydrogen-bond acceptors (Lipinski definition) is 2. The summed E-state index contributed by atoms with van der Waals surface area (Å²) in [4.78, 5) is 0. The molecule has 0 radical (unpaired) electrons. The van der Waals surface area contributed by atoms with Crippen LogP contribution in [0.25, 0.3) is 11.0 Å². The molecule has 21 heavy (non-hydrogen) atoms. The Morgan fingerprint density at radius 2 is 1.76 bits per heavy atom. The summed E-state index contributed by atoms with van der Waals surface area (Å²) in [7, 11) is 0. The summed E-state index contributed by atoms with van der Waals surface area (Å²) in [5.41, 5.74) is 3.64. The third-order valence-corrected chi connectivity index (χ3v) is 3.71. The summed E-state index contributed by atoms with van der Waals surface area (Å²) in [6.07, 6.45) is -1.10. The number of rotatable bonds is 2. The van der Waals surface area contributed by atoms with E-state index < -0.39 is 11.9 Å². The largest absolute Gasteiger partial charge is 0.458 e. The quantitative estimate of drug-likeness (QED) is 0.747. The van der Waals surface area contributed by atoms with Crippen molar-refractivity contribution in [3.63, 3.8) is 0 Å². The van der Waals surface area contributed by atoms with Crippen molar-refractivity contribution < 1.29 is 13.9 Å². The molecule has 0 saturated carbocycles. The minimum absolute atomic E-state index is 0.274. The number of furan rings is 1. The highest BCUT2D eigenvalue weighted by Crippen LogP contribution is 2.32. The number of benzene rings is 2. The highest BCUT2D eigenvalue weighted by atomic mass is 19.1. The van der Waals surface area contributed by atoms with E-state index in [1.807, 2.05) is 38.1 Å². The Labute approximate surface area is 122 Å². The summed E-state index contributed by atoms with van der Waals surface area (Å²) in [5.74, 6) is -0.0434. The average molecular weight is 284 g/mol. The second-order valence-corrected chi connectivity index (χ2v) is 5.57. The summed E-state index contributed by atoms with van der Waals surface area (Å²) >= 11 is 0. The fourth-order valence-electron chi connectivity index (χ4n) is 2.73. The lowest BCUT2D eigenvalue weighted by Gasteiger charge is -2.13. The standard InChI is InChI=1S/C18H17FO2/c1-10-4-5-15-13(7-10)9-16(21-15)18(20)17-12(3)6-11(2)8-14(17)19/h4-9,18,20H,1-3H3. The molecule has 0 aliphatic rings. The van der Waals surface area contributed by atoms with Crippen molar-refractivity contribution in [2.24, 2.45) is 0 Å². The molecule has 2 nitrogen and oxygen atoms in total. The Bertz CT molecular complexity index is 794. The smallest absolute Gasteiger partial charge is 0.140 e. The molecule has 1 heterocycles. The summed E-state index contributed by atoms with van der Waals surface area (Å²) < 4.78 is 19.8. The van der Waals surface area contributed by atoms with Crippen molar-refractivity contribution in [1.82, 2.24) is 0 Å². The Morgan fingerprint density at radius 3 is 2.48 bits per heavy atom. The van der Waals surface area contributed by atoms with Crippen LogP contribution in [0.2, 0.25) is 0 Å². The molecule has 3 heteroatoms. The molecule has 1 aromatic heterocycles. The van der Waals surface area contributed by atoms with Crippen LogP contribution in [0.1, 0.15) is 34.1 Å². The molecule has 0 amide bonds. The molecule has 1 atom stereocenters. The maximum Gasteiger partial charge on any atom is 0.140 e.